The molecule has 2 rings (SSSR count). The average Bonchev–Trinajstić information content (AvgIpc) is 3.27. The minimum atomic E-state index is 0.775. The molecule has 20 heavy (non-hydrogen) atoms. The van der Waals surface area contributed by atoms with Crippen LogP contribution in [0.3, 0.4) is 0 Å². The van der Waals surface area contributed by atoms with Gasteiger partial charge in [-0.05, 0) is 43.9 Å². The lowest BCUT2D eigenvalue weighted by Gasteiger charge is -2.06. The van der Waals surface area contributed by atoms with Crippen molar-refractivity contribution in [1.82, 2.24) is 5.32 Å². The first-order valence-corrected chi connectivity index (χ1v) is 7.91. The lowest BCUT2D eigenvalue weighted by molar-refractivity contribution is 0.306. The Morgan fingerprint density at radius 3 is 2.65 bits per heavy atom. The van der Waals surface area contributed by atoms with Crippen molar-refractivity contribution in [3.05, 3.63) is 35.4 Å². The van der Waals surface area contributed by atoms with E-state index < -0.39 is 0 Å². The van der Waals surface area contributed by atoms with Crippen molar-refractivity contribution >= 4 is 6.08 Å². The van der Waals surface area contributed by atoms with E-state index >= 15 is 0 Å². The second-order valence-corrected chi connectivity index (χ2v) is 5.77. The molecule has 1 N–H and O–H groups in total. The van der Waals surface area contributed by atoms with Gasteiger partial charge < -0.3 is 10.1 Å². The van der Waals surface area contributed by atoms with Crippen LogP contribution in [0.1, 0.15) is 51.5 Å². The molecular weight excluding hydrogens is 246 g/mol. The lowest BCUT2D eigenvalue weighted by Crippen LogP contribution is -2.18. The molecule has 1 aromatic carbocycles. The summed E-state index contributed by atoms with van der Waals surface area (Å²) in [6.45, 7) is 6.22. The molecule has 1 aromatic rings. The summed E-state index contributed by atoms with van der Waals surface area (Å²) in [5, 5.41) is 3.53. The Morgan fingerprint density at radius 1 is 1.25 bits per heavy atom. The quantitative estimate of drug-likeness (QED) is 0.673. The molecule has 1 fully saturated rings. The molecule has 1 saturated carbocycles. The van der Waals surface area contributed by atoms with Crippen molar-refractivity contribution < 1.29 is 4.74 Å². The van der Waals surface area contributed by atoms with Gasteiger partial charge in [0.1, 0.15) is 5.75 Å². The highest BCUT2D eigenvalue weighted by Crippen LogP contribution is 2.19. The van der Waals surface area contributed by atoms with Gasteiger partial charge in [0.25, 0.3) is 0 Å². The number of hydrogen-bond acceptors (Lipinski definition) is 2. The van der Waals surface area contributed by atoms with Gasteiger partial charge in [-0.25, -0.2) is 0 Å². The second-order valence-electron chi connectivity index (χ2n) is 5.77. The van der Waals surface area contributed by atoms with Gasteiger partial charge >= 0.3 is 0 Å². The van der Waals surface area contributed by atoms with E-state index in [-0.39, 0.29) is 0 Å². The molecule has 0 saturated heterocycles. The third-order valence-electron chi connectivity index (χ3n) is 3.56. The molecule has 1 aliphatic rings. The Bertz CT molecular complexity index is 418. The van der Waals surface area contributed by atoms with E-state index in [9.17, 15) is 0 Å². The predicted molar refractivity (Wildman–Crippen MR) is 86.1 cm³/mol. The van der Waals surface area contributed by atoms with E-state index in [1.807, 2.05) is 0 Å². The van der Waals surface area contributed by atoms with E-state index in [4.69, 9.17) is 4.74 Å². The van der Waals surface area contributed by atoms with Gasteiger partial charge in [-0.2, -0.15) is 0 Å². The summed E-state index contributed by atoms with van der Waals surface area (Å²) in [5.74, 6) is 0.979. The van der Waals surface area contributed by atoms with Gasteiger partial charge in [0.2, 0.25) is 0 Å². The molecule has 110 valence electrons. The highest BCUT2D eigenvalue weighted by molar-refractivity contribution is 5.53. The Balaban J connectivity index is 1.76. The molecule has 2 heteroatoms. The molecule has 0 spiro atoms. The molecule has 0 bridgehead atoms. The van der Waals surface area contributed by atoms with Crippen molar-refractivity contribution in [3.8, 4) is 5.75 Å². The first-order valence-electron chi connectivity index (χ1n) is 7.91. The van der Waals surface area contributed by atoms with Crippen LogP contribution in [0.15, 0.2) is 29.8 Å². The lowest BCUT2D eigenvalue weighted by atomic mass is 10.1. The Kier molecular flexibility index (Phi) is 6.13. The molecule has 0 radical (unpaired) electrons. The van der Waals surface area contributed by atoms with Gasteiger partial charge in [0.05, 0.1) is 6.61 Å². The molecule has 1 aliphatic carbocycles. The van der Waals surface area contributed by atoms with Crippen LogP contribution in [0.5, 0.6) is 5.75 Å². The topological polar surface area (TPSA) is 21.3 Å². The van der Waals surface area contributed by atoms with Gasteiger partial charge in [0.15, 0.2) is 0 Å². The molecule has 0 aliphatic heterocycles. The summed E-state index contributed by atoms with van der Waals surface area (Å²) >= 11 is 0. The van der Waals surface area contributed by atoms with Crippen molar-refractivity contribution in [2.75, 3.05) is 13.2 Å². The smallest absolute Gasteiger partial charge is 0.119 e. The summed E-state index contributed by atoms with van der Waals surface area (Å²) in [4.78, 5) is 0. The first-order chi connectivity index (χ1) is 9.78. The fraction of sp³-hybridized carbons (Fsp3) is 0.556. The molecule has 0 heterocycles. The maximum atomic E-state index is 5.72. The zero-order valence-electron chi connectivity index (χ0n) is 12.8. The van der Waals surface area contributed by atoms with Crippen LogP contribution in [-0.4, -0.2) is 19.2 Å². The summed E-state index contributed by atoms with van der Waals surface area (Å²) in [5.41, 5.74) is 2.63. The monoisotopic (exact) mass is 273 g/mol. The summed E-state index contributed by atoms with van der Waals surface area (Å²) < 4.78 is 5.72. The number of benzene rings is 1. The fourth-order valence-corrected chi connectivity index (χ4v) is 2.13. The van der Waals surface area contributed by atoms with Crippen molar-refractivity contribution in [3.63, 3.8) is 0 Å². The van der Waals surface area contributed by atoms with Crippen LogP contribution in [0, 0.1) is 0 Å². The van der Waals surface area contributed by atoms with Crippen LogP contribution in [0.2, 0.25) is 0 Å². The van der Waals surface area contributed by atoms with Gasteiger partial charge in [-0.3, -0.25) is 0 Å². The molecule has 0 amide bonds. The first kappa shape index (κ1) is 15.1. The van der Waals surface area contributed by atoms with Gasteiger partial charge in [-0.1, -0.05) is 43.5 Å². The maximum absolute atomic E-state index is 5.72. The molecular formula is C18H27NO. The van der Waals surface area contributed by atoms with Crippen molar-refractivity contribution in [1.29, 1.82) is 0 Å². The van der Waals surface area contributed by atoms with E-state index in [0.29, 0.717) is 0 Å². The Labute approximate surface area is 123 Å². The van der Waals surface area contributed by atoms with E-state index in [2.05, 4.69) is 49.5 Å². The normalized spacial score (nSPS) is 15.4. The molecule has 0 unspecified atom stereocenters. The highest BCUT2D eigenvalue weighted by atomic mass is 16.5. The molecule has 0 atom stereocenters. The third kappa shape index (κ3) is 5.79. The van der Waals surface area contributed by atoms with Crippen LogP contribution < -0.4 is 10.1 Å². The minimum Gasteiger partial charge on any atom is -0.494 e. The van der Waals surface area contributed by atoms with Crippen LogP contribution in [0.4, 0.5) is 0 Å². The SMILES string of the molecule is CCCCCOc1ccc(C=C(C)CNC2CC2)cc1. The number of unbranched alkanes of at least 4 members (excludes halogenated alkanes) is 2. The van der Waals surface area contributed by atoms with Crippen LogP contribution in [0.25, 0.3) is 6.08 Å². The van der Waals surface area contributed by atoms with Crippen molar-refractivity contribution in [2.45, 2.75) is 52.0 Å². The standard InChI is InChI=1S/C18H27NO/c1-3-4-5-12-20-18-10-6-16(7-11-18)13-15(2)14-19-17-8-9-17/h6-7,10-11,13,17,19H,3-5,8-9,12,14H2,1-2H3. The summed E-state index contributed by atoms with van der Waals surface area (Å²) in [7, 11) is 0. The van der Waals surface area contributed by atoms with Crippen LogP contribution >= 0.6 is 0 Å². The predicted octanol–water partition coefficient (Wildman–Crippen LogP) is 4.41. The second kappa shape index (κ2) is 8.11. The Morgan fingerprint density at radius 2 is 2.00 bits per heavy atom. The zero-order valence-corrected chi connectivity index (χ0v) is 12.8. The largest absolute Gasteiger partial charge is 0.494 e. The van der Waals surface area contributed by atoms with Crippen LogP contribution in [-0.2, 0) is 0 Å². The molecule has 0 aromatic heterocycles. The van der Waals surface area contributed by atoms with E-state index in [1.54, 1.807) is 0 Å². The van der Waals surface area contributed by atoms with E-state index in [0.717, 1.165) is 31.4 Å². The summed E-state index contributed by atoms with van der Waals surface area (Å²) in [6.07, 6.45) is 8.56. The highest BCUT2D eigenvalue weighted by Gasteiger charge is 2.19. The fourth-order valence-electron chi connectivity index (χ4n) is 2.13. The Hall–Kier alpha value is -1.28. The number of ether oxygens (including phenoxy) is 1. The van der Waals surface area contributed by atoms with Gasteiger partial charge in [0, 0.05) is 12.6 Å². The van der Waals surface area contributed by atoms with Crippen molar-refractivity contribution in [2.24, 2.45) is 0 Å². The average molecular weight is 273 g/mol. The molecule has 2 nitrogen and oxygen atoms in total. The minimum absolute atomic E-state index is 0.775. The van der Waals surface area contributed by atoms with Gasteiger partial charge in [-0.15, -0.1) is 0 Å². The third-order valence-corrected chi connectivity index (χ3v) is 3.56. The summed E-state index contributed by atoms with van der Waals surface area (Å²) in [6, 6.07) is 9.18. The number of rotatable bonds is 9. The van der Waals surface area contributed by atoms with E-state index in [1.165, 1.54) is 36.8 Å². The number of nitrogens with one attached hydrogen (secondary N) is 1. The maximum Gasteiger partial charge on any atom is 0.119 e. The number of hydrogen-bond donors (Lipinski definition) is 1. The zero-order chi connectivity index (χ0) is 14.2.